The van der Waals surface area contributed by atoms with Crippen molar-refractivity contribution in [3.05, 3.63) is 81.4 Å². The largest absolute Gasteiger partial charge is 0.416 e. The number of piperidine rings is 1. The maximum absolute atomic E-state index is 13.6. The zero-order valence-electron chi connectivity index (χ0n) is 19.4. The number of likely N-dealkylation sites (tertiary alicyclic amines) is 1. The van der Waals surface area contributed by atoms with Gasteiger partial charge in [0.15, 0.2) is 0 Å². The molecule has 0 unspecified atom stereocenters. The normalized spacial score (nSPS) is 15.0. The van der Waals surface area contributed by atoms with E-state index in [1.54, 1.807) is 11.0 Å². The Balaban J connectivity index is 0.00000167. The zero-order valence-corrected chi connectivity index (χ0v) is 19.4. The van der Waals surface area contributed by atoms with E-state index < -0.39 is 34.3 Å². The molecule has 2 heterocycles. The Morgan fingerprint density at radius 3 is 2.29 bits per heavy atom. The number of nitrogens with zero attached hydrogens (tertiary/aromatic N) is 1. The van der Waals surface area contributed by atoms with Gasteiger partial charge in [0.05, 0.1) is 5.56 Å². The fraction of sp³-hybridized carbons (Fsp3) is 0.346. The van der Waals surface area contributed by atoms with Gasteiger partial charge in [-0.15, -0.1) is 0 Å². The number of carbonyl (C=O) groups excluding carboxylic acids is 2. The number of H-pyrrole nitrogens is 1. The van der Waals surface area contributed by atoms with Crippen molar-refractivity contribution in [3.63, 3.8) is 0 Å². The first-order valence-corrected chi connectivity index (χ1v) is 11.1. The summed E-state index contributed by atoms with van der Waals surface area (Å²) in [5.74, 6) is -0.929. The molecule has 0 radical (unpaired) electrons. The second-order valence-electron chi connectivity index (χ2n) is 9.09. The Kier molecular flexibility index (Phi) is 7.47. The van der Waals surface area contributed by atoms with E-state index >= 15 is 0 Å². The summed E-state index contributed by atoms with van der Waals surface area (Å²) in [5, 5.41) is 0.112. The van der Waals surface area contributed by atoms with Crippen LogP contribution in [-0.4, -0.2) is 35.7 Å². The highest BCUT2D eigenvalue weighted by molar-refractivity contribution is 5.97. The molecule has 0 aliphatic carbocycles. The van der Waals surface area contributed by atoms with Gasteiger partial charge >= 0.3 is 6.18 Å². The van der Waals surface area contributed by atoms with E-state index in [1.165, 1.54) is 30.5 Å². The van der Waals surface area contributed by atoms with E-state index in [1.807, 2.05) is 20.6 Å². The lowest BCUT2D eigenvalue weighted by atomic mass is 9.69. The quantitative estimate of drug-likeness (QED) is 0.505. The molecule has 9 heteroatoms. The van der Waals surface area contributed by atoms with E-state index in [2.05, 4.69) is 4.98 Å². The smallest absolute Gasteiger partial charge is 0.360 e. The molecule has 0 atom stereocenters. The van der Waals surface area contributed by atoms with Crippen LogP contribution in [0.1, 0.15) is 48.2 Å². The Hall–Kier alpha value is -3.49. The van der Waals surface area contributed by atoms with Crippen LogP contribution in [0.15, 0.2) is 53.5 Å². The molecule has 1 aliphatic heterocycles. The molecule has 1 aliphatic rings. The second kappa shape index (κ2) is 10.0. The molecule has 35 heavy (non-hydrogen) atoms. The van der Waals surface area contributed by atoms with E-state index in [4.69, 9.17) is 4.79 Å². The monoisotopic (exact) mass is 490 g/mol. The second-order valence-corrected chi connectivity index (χ2v) is 9.09. The van der Waals surface area contributed by atoms with Crippen molar-refractivity contribution < 1.29 is 27.2 Å². The standard InChI is InChI=1S/C25H24F4N2O2.CH2O/c1-24(2,16-4-3-5-17(12-16)25(27,28)29)15-8-10-31(11-9-15)23(33)20-14-30-21-7-6-18(26)13-19(21)22(20)32;1-2/h3-7,12-15H,8-11H2,1-2H3,(H,30,32);1H2. The molecule has 1 fully saturated rings. The van der Waals surface area contributed by atoms with Crippen LogP contribution in [0.2, 0.25) is 0 Å². The number of pyridine rings is 1. The molecule has 1 amide bonds. The van der Waals surface area contributed by atoms with Crippen LogP contribution < -0.4 is 5.43 Å². The third kappa shape index (κ3) is 5.28. The molecule has 3 aromatic rings. The van der Waals surface area contributed by atoms with Crippen molar-refractivity contribution in [2.75, 3.05) is 13.1 Å². The summed E-state index contributed by atoms with van der Waals surface area (Å²) in [5.41, 5.74) is -0.723. The fourth-order valence-electron chi connectivity index (χ4n) is 4.66. The number of nitrogens with one attached hydrogen (secondary N) is 1. The highest BCUT2D eigenvalue weighted by Gasteiger charge is 2.37. The van der Waals surface area contributed by atoms with Crippen molar-refractivity contribution in [3.8, 4) is 0 Å². The predicted molar refractivity (Wildman–Crippen MR) is 125 cm³/mol. The Bertz CT molecular complexity index is 1280. The number of fused-ring (bicyclic) bond motifs is 1. The van der Waals surface area contributed by atoms with Crippen LogP contribution in [0.25, 0.3) is 10.9 Å². The van der Waals surface area contributed by atoms with Crippen molar-refractivity contribution in [1.82, 2.24) is 9.88 Å². The number of benzene rings is 2. The number of rotatable bonds is 3. The summed E-state index contributed by atoms with van der Waals surface area (Å²) in [6, 6.07) is 9.18. The maximum Gasteiger partial charge on any atom is 0.416 e. The number of aromatic nitrogens is 1. The van der Waals surface area contributed by atoms with Gasteiger partial charge in [-0.3, -0.25) is 9.59 Å². The highest BCUT2D eigenvalue weighted by atomic mass is 19.4. The molecular formula is C26H26F4N2O3. The molecule has 186 valence electrons. The number of hydrogen-bond acceptors (Lipinski definition) is 3. The minimum Gasteiger partial charge on any atom is -0.360 e. The summed E-state index contributed by atoms with van der Waals surface area (Å²) in [4.78, 5) is 38.2. The molecule has 0 spiro atoms. The van der Waals surface area contributed by atoms with Gasteiger partial charge in [0.1, 0.15) is 18.2 Å². The number of hydrogen-bond donors (Lipinski definition) is 1. The van der Waals surface area contributed by atoms with Gasteiger partial charge in [-0.1, -0.05) is 32.0 Å². The van der Waals surface area contributed by atoms with E-state index in [0.29, 0.717) is 37.0 Å². The van der Waals surface area contributed by atoms with Crippen LogP contribution in [-0.2, 0) is 16.4 Å². The number of carbonyl (C=O) groups is 2. The minimum atomic E-state index is -4.41. The first kappa shape index (κ1) is 26.1. The van der Waals surface area contributed by atoms with Gasteiger partial charge in [-0.05, 0) is 54.0 Å². The Morgan fingerprint density at radius 2 is 1.66 bits per heavy atom. The molecule has 5 nitrogen and oxygen atoms in total. The van der Waals surface area contributed by atoms with Crippen LogP contribution >= 0.6 is 0 Å². The average molecular weight is 490 g/mol. The predicted octanol–water partition coefficient (Wildman–Crippen LogP) is 5.33. The summed E-state index contributed by atoms with van der Waals surface area (Å²) >= 11 is 0. The molecule has 0 saturated carbocycles. The Morgan fingerprint density at radius 1 is 1.03 bits per heavy atom. The van der Waals surface area contributed by atoms with Crippen molar-refractivity contribution >= 4 is 23.6 Å². The van der Waals surface area contributed by atoms with Crippen LogP contribution in [0.3, 0.4) is 0 Å². The van der Waals surface area contributed by atoms with Gasteiger partial charge in [0.25, 0.3) is 5.91 Å². The number of alkyl halides is 3. The third-order valence-corrected chi connectivity index (χ3v) is 6.81. The lowest BCUT2D eigenvalue weighted by molar-refractivity contribution is -0.137. The number of aromatic amines is 1. The topological polar surface area (TPSA) is 70.2 Å². The number of amides is 1. The molecule has 2 aromatic carbocycles. The van der Waals surface area contributed by atoms with Gasteiger partial charge in [-0.2, -0.15) is 13.2 Å². The van der Waals surface area contributed by atoms with E-state index in [9.17, 15) is 27.2 Å². The van der Waals surface area contributed by atoms with Crippen LogP contribution in [0.5, 0.6) is 0 Å². The first-order chi connectivity index (χ1) is 16.5. The van der Waals surface area contributed by atoms with Crippen LogP contribution in [0.4, 0.5) is 17.6 Å². The zero-order chi connectivity index (χ0) is 26.0. The molecule has 4 rings (SSSR count). The van der Waals surface area contributed by atoms with Gasteiger partial charge in [-0.25, -0.2) is 4.39 Å². The lowest BCUT2D eigenvalue weighted by Gasteiger charge is -2.41. The SMILES string of the molecule is C=O.CC(C)(c1cccc(C(F)(F)F)c1)C1CCN(C(=O)c2c[nH]c3ccc(F)cc3c2=O)CC1. The number of halogens is 4. The van der Waals surface area contributed by atoms with E-state index in [0.717, 1.165) is 12.1 Å². The average Bonchev–Trinajstić information content (AvgIpc) is 2.85. The third-order valence-electron chi connectivity index (χ3n) is 6.81. The fourth-order valence-corrected chi connectivity index (χ4v) is 4.66. The molecule has 1 saturated heterocycles. The summed E-state index contributed by atoms with van der Waals surface area (Å²) < 4.78 is 53.1. The first-order valence-electron chi connectivity index (χ1n) is 11.1. The summed E-state index contributed by atoms with van der Waals surface area (Å²) in [6.45, 7) is 6.61. The summed E-state index contributed by atoms with van der Waals surface area (Å²) in [6.07, 6.45) is -1.87. The minimum absolute atomic E-state index is 0.0521. The van der Waals surface area contributed by atoms with Crippen molar-refractivity contribution in [2.24, 2.45) is 5.92 Å². The highest BCUT2D eigenvalue weighted by Crippen LogP contribution is 2.40. The Labute approximate surface area is 199 Å². The van der Waals surface area contributed by atoms with Crippen molar-refractivity contribution in [2.45, 2.75) is 38.3 Å². The molecular weight excluding hydrogens is 464 g/mol. The lowest BCUT2D eigenvalue weighted by Crippen LogP contribution is -2.44. The molecule has 0 bridgehead atoms. The van der Waals surface area contributed by atoms with Gasteiger partial charge < -0.3 is 14.7 Å². The van der Waals surface area contributed by atoms with Gasteiger partial charge in [0, 0.05) is 30.2 Å². The summed E-state index contributed by atoms with van der Waals surface area (Å²) in [7, 11) is 0. The maximum atomic E-state index is 13.6. The van der Waals surface area contributed by atoms with Crippen LogP contribution in [0, 0.1) is 11.7 Å². The van der Waals surface area contributed by atoms with Crippen molar-refractivity contribution in [1.29, 1.82) is 0 Å². The molecule has 1 aromatic heterocycles. The molecule has 1 N–H and O–H groups in total. The van der Waals surface area contributed by atoms with Gasteiger partial charge in [0.2, 0.25) is 5.43 Å². The van der Waals surface area contributed by atoms with E-state index in [-0.39, 0.29) is 16.9 Å².